The zero-order valence-corrected chi connectivity index (χ0v) is 10.1. The van der Waals surface area contributed by atoms with Gasteiger partial charge in [-0.2, -0.15) is 5.10 Å². The summed E-state index contributed by atoms with van der Waals surface area (Å²) < 4.78 is 0. The Kier molecular flexibility index (Phi) is 3.53. The smallest absolute Gasteiger partial charge is 0.213 e. The Labute approximate surface area is 106 Å². The minimum Gasteiger partial charge on any atom is -0.323 e. The van der Waals surface area contributed by atoms with E-state index < -0.39 is 0 Å². The molecule has 0 spiro atoms. The van der Waals surface area contributed by atoms with Crippen LogP contribution in [0.3, 0.4) is 0 Å². The Hall–Kier alpha value is -2.42. The number of aryl methyl sites for hydroxylation is 1. The maximum atomic E-state index is 12.3. The molecule has 2 rings (SSSR count). The number of carbonyl (C=O) groups is 1. The molecular weight excluding hydrogens is 224 g/mol. The lowest BCUT2D eigenvalue weighted by Crippen LogP contribution is -2.17. The number of benzene rings is 2. The Morgan fingerprint density at radius 2 is 1.67 bits per heavy atom. The Bertz CT molecular complexity index is 588. The van der Waals surface area contributed by atoms with Crippen molar-refractivity contribution in [3.05, 3.63) is 71.3 Å². The first-order valence-corrected chi connectivity index (χ1v) is 5.67. The molecule has 2 aromatic carbocycles. The summed E-state index contributed by atoms with van der Waals surface area (Å²) in [5, 5.41) is 3.63. The molecule has 0 aliphatic heterocycles. The van der Waals surface area contributed by atoms with E-state index in [1.54, 1.807) is 6.07 Å². The van der Waals surface area contributed by atoms with Crippen molar-refractivity contribution in [2.45, 2.75) is 6.92 Å². The zero-order chi connectivity index (χ0) is 13.0. The highest BCUT2D eigenvalue weighted by molar-refractivity contribution is 6.51. The molecule has 0 radical (unpaired) electrons. The van der Waals surface area contributed by atoms with Crippen LogP contribution in [0.2, 0.25) is 0 Å². The van der Waals surface area contributed by atoms with Gasteiger partial charge in [-0.05, 0) is 13.0 Å². The summed E-state index contributed by atoms with van der Waals surface area (Å²) >= 11 is 0. The van der Waals surface area contributed by atoms with Crippen molar-refractivity contribution in [3.8, 4) is 0 Å². The van der Waals surface area contributed by atoms with Gasteiger partial charge in [0.2, 0.25) is 5.78 Å². The topological polar surface area (TPSA) is 55.5 Å². The summed E-state index contributed by atoms with van der Waals surface area (Å²) in [4.78, 5) is 12.3. The van der Waals surface area contributed by atoms with Crippen LogP contribution in [-0.2, 0) is 0 Å². The summed E-state index contributed by atoms with van der Waals surface area (Å²) in [7, 11) is 0. The molecule has 18 heavy (non-hydrogen) atoms. The Morgan fingerprint density at radius 1 is 1.00 bits per heavy atom. The molecule has 0 fully saturated rings. The van der Waals surface area contributed by atoms with Gasteiger partial charge in [0.15, 0.2) is 0 Å². The van der Waals surface area contributed by atoms with E-state index >= 15 is 0 Å². The van der Waals surface area contributed by atoms with Gasteiger partial charge in [0.05, 0.1) is 0 Å². The average molecular weight is 238 g/mol. The number of hydrazone groups is 1. The molecule has 0 bridgehead atoms. The molecule has 2 N–H and O–H groups in total. The molecule has 0 unspecified atom stereocenters. The normalized spacial score (nSPS) is 11.3. The first-order valence-electron chi connectivity index (χ1n) is 5.67. The lowest BCUT2D eigenvalue weighted by atomic mass is 9.99. The second-order valence-electron chi connectivity index (χ2n) is 4.04. The van der Waals surface area contributed by atoms with Crippen molar-refractivity contribution in [3.63, 3.8) is 0 Å². The fourth-order valence-electron chi connectivity index (χ4n) is 1.78. The SMILES string of the molecule is Cc1cccc(C(=O)C(=NN)c2ccccc2)c1. The van der Waals surface area contributed by atoms with Crippen molar-refractivity contribution in [1.29, 1.82) is 0 Å². The second kappa shape index (κ2) is 5.27. The van der Waals surface area contributed by atoms with Crippen LogP contribution in [0.5, 0.6) is 0 Å². The lowest BCUT2D eigenvalue weighted by molar-refractivity contribution is 0.106. The standard InChI is InChI=1S/C15H14N2O/c1-11-6-5-9-13(10-11)15(18)14(17-16)12-7-3-2-4-8-12/h2-10H,16H2,1H3. The first-order chi connectivity index (χ1) is 8.72. The van der Waals surface area contributed by atoms with Gasteiger partial charge in [-0.1, -0.05) is 54.1 Å². The van der Waals surface area contributed by atoms with Crippen LogP contribution in [0, 0.1) is 6.92 Å². The summed E-state index contributed by atoms with van der Waals surface area (Å²) in [6, 6.07) is 16.6. The van der Waals surface area contributed by atoms with Crippen LogP contribution in [0.1, 0.15) is 21.5 Å². The fourth-order valence-corrected chi connectivity index (χ4v) is 1.78. The summed E-state index contributed by atoms with van der Waals surface area (Å²) in [5.41, 5.74) is 2.64. The molecule has 0 saturated carbocycles. The van der Waals surface area contributed by atoms with Gasteiger partial charge >= 0.3 is 0 Å². The molecule has 90 valence electrons. The predicted octanol–water partition coefficient (Wildman–Crippen LogP) is 2.54. The van der Waals surface area contributed by atoms with E-state index in [0.29, 0.717) is 5.56 Å². The number of nitrogens with two attached hydrogens (primary N) is 1. The van der Waals surface area contributed by atoms with Gasteiger partial charge in [0.25, 0.3) is 0 Å². The molecule has 0 amide bonds. The number of hydrogen-bond acceptors (Lipinski definition) is 3. The third-order valence-corrected chi connectivity index (χ3v) is 2.67. The van der Waals surface area contributed by atoms with E-state index in [1.165, 1.54) is 0 Å². The number of Topliss-reactive ketones (excluding diaryl/α,β-unsaturated/α-hetero) is 1. The summed E-state index contributed by atoms with van der Waals surface area (Å²) in [6.07, 6.45) is 0. The molecule has 0 heterocycles. The maximum Gasteiger partial charge on any atom is 0.213 e. The van der Waals surface area contributed by atoms with Crippen LogP contribution in [0.4, 0.5) is 0 Å². The van der Waals surface area contributed by atoms with E-state index in [4.69, 9.17) is 5.84 Å². The average Bonchev–Trinajstić information content (AvgIpc) is 2.41. The van der Waals surface area contributed by atoms with Gasteiger partial charge in [0, 0.05) is 11.1 Å². The highest BCUT2D eigenvalue weighted by atomic mass is 16.1. The van der Waals surface area contributed by atoms with Gasteiger partial charge in [0.1, 0.15) is 5.71 Å². The summed E-state index contributed by atoms with van der Waals surface area (Å²) in [5.74, 6) is 5.19. The molecular formula is C15H14N2O. The maximum absolute atomic E-state index is 12.3. The molecule has 3 nitrogen and oxygen atoms in total. The number of hydrogen-bond donors (Lipinski definition) is 1. The van der Waals surface area contributed by atoms with Gasteiger partial charge in [-0.3, -0.25) is 4.79 Å². The molecule has 0 saturated heterocycles. The number of rotatable bonds is 3. The minimum atomic E-state index is -0.160. The number of nitrogens with zero attached hydrogens (tertiary/aromatic N) is 1. The minimum absolute atomic E-state index is 0.160. The second-order valence-corrected chi connectivity index (χ2v) is 4.04. The quantitative estimate of drug-likeness (QED) is 0.386. The highest BCUT2D eigenvalue weighted by Crippen LogP contribution is 2.10. The lowest BCUT2D eigenvalue weighted by Gasteiger charge is -2.05. The van der Waals surface area contributed by atoms with Gasteiger partial charge in [-0.15, -0.1) is 0 Å². The van der Waals surface area contributed by atoms with E-state index in [-0.39, 0.29) is 11.5 Å². The monoisotopic (exact) mass is 238 g/mol. The Morgan fingerprint density at radius 3 is 2.28 bits per heavy atom. The zero-order valence-electron chi connectivity index (χ0n) is 10.1. The van der Waals surface area contributed by atoms with Crippen molar-refractivity contribution >= 4 is 11.5 Å². The van der Waals surface area contributed by atoms with Gasteiger partial charge in [-0.25, -0.2) is 0 Å². The third kappa shape index (κ3) is 2.46. The van der Waals surface area contributed by atoms with Crippen LogP contribution in [0.25, 0.3) is 0 Å². The van der Waals surface area contributed by atoms with Crippen molar-refractivity contribution in [2.24, 2.45) is 10.9 Å². The van der Waals surface area contributed by atoms with Gasteiger partial charge < -0.3 is 5.84 Å². The van der Waals surface area contributed by atoms with E-state index in [2.05, 4.69) is 5.10 Å². The van der Waals surface area contributed by atoms with Crippen molar-refractivity contribution in [2.75, 3.05) is 0 Å². The molecule has 2 aromatic rings. The predicted molar refractivity (Wildman–Crippen MR) is 72.7 cm³/mol. The molecule has 3 heteroatoms. The number of carbonyl (C=O) groups excluding carboxylic acids is 1. The van der Waals surface area contributed by atoms with E-state index in [9.17, 15) is 4.79 Å². The number of ketones is 1. The molecule has 0 atom stereocenters. The van der Waals surface area contributed by atoms with E-state index in [1.807, 2.05) is 55.5 Å². The highest BCUT2D eigenvalue weighted by Gasteiger charge is 2.15. The molecule has 0 aliphatic rings. The first kappa shape index (κ1) is 12.0. The van der Waals surface area contributed by atoms with Crippen molar-refractivity contribution in [1.82, 2.24) is 0 Å². The fraction of sp³-hybridized carbons (Fsp3) is 0.0667. The van der Waals surface area contributed by atoms with Crippen LogP contribution >= 0.6 is 0 Å². The largest absolute Gasteiger partial charge is 0.323 e. The summed E-state index contributed by atoms with van der Waals surface area (Å²) in [6.45, 7) is 1.94. The van der Waals surface area contributed by atoms with Crippen LogP contribution < -0.4 is 5.84 Å². The van der Waals surface area contributed by atoms with Crippen LogP contribution in [-0.4, -0.2) is 11.5 Å². The van der Waals surface area contributed by atoms with Crippen molar-refractivity contribution < 1.29 is 4.79 Å². The van der Waals surface area contributed by atoms with Crippen LogP contribution in [0.15, 0.2) is 59.7 Å². The Balaban J connectivity index is 2.39. The molecule has 0 aromatic heterocycles. The van der Waals surface area contributed by atoms with E-state index in [0.717, 1.165) is 11.1 Å². The third-order valence-electron chi connectivity index (χ3n) is 2.67. The molecule has 0 aliphatic carbocycles.